The number of hydrogen-bond donors (Lipinski definition) is 2. The Morgan fingerprint density at radius 3 is 3.08 bits per heavy atom. The van der Waals surface area contributed by atoms with Crippen LogP contribution in [0.4, 0.5) is 0 Å². The van der Waals surface area contributed by atoms with Crippen LogP contribution in [0.2, 0.25) is 0 Å². The Morgan fingerprint density at radius 2 is 2.25 bits per heavy atom. The minimum Gasteiger partial charge on any atom is -0.347 e. The van der Waals surface area contributed by atoms with Crippen molar-refractivity contribution in [2.75, 3.05) is 13.1 Å². The minimum absolute atomic E-state index is 0.156. The predicted molar refractivity (Wildman–Crippen MR) is 90.1 cm³/mol. The summed E-state index contributed by atoms with van der Waals surface area (Å²) in [5.74, 6) is -0.175. The second kappa shape index (κ2) is 6.01. The van der Waals surface area contributed by atoms with Crippen LogP contribution in [0.25, 0.3) is 16.6 Å². The number of aromatic nitrogens is 4. The number of benzene rings is 1. The van der Waals surface area contributed by atoms with Gasteiger partial charge in [-0.2, -0.15) is 0 Å². The van der Waals surface area contributed by atoms with Crippen molar-refractivity contribution in [3.8, 4) is 5.69 Å². The van der Waals surface area contributed by atoms with Gasteiger partial charge in [0.25, 0.3) is 5.91 Å². The highest BCUT2D eigenvalue weighted by Gasteiger charge is 2.22. The Balaban J connectivity index is 1.69. The van der Waals surface area contributed by atoms with E-state index in [2.05, 4.69) is 25.9 Å². The van der Waals surface area contributed by atoms with Crippen molar-refractivity contribution in [2.24, 2.45) is 0 Å². The van der Waals surface area contributed by atoms with E-state index in [1.54, 1.807) is 10.9 Å². The molecule has 1 aliphatic rings. The third-order valence-corrected chi connectivity index (χ3v) is 4.36. The molecule has 1 fully saturated rings. The molecule has 3 aromatic rings. The van der Waals surface area contributed by atoms with Gasteiger partial charge in [-0.05, 0) is 44.2 Å². The highest BCUT2D eigenvalue weighted by Crippen LogP contribution is 2.21. The number of rotatable bonds is 3. The minimum atomic E-state index is -0.175. The van der Waals surface area contributed by atoms with Crippen LogP contribution in [-0.4, -0.2) is 45.0 Å². The van der Waals surface area contributed by atoms with Crippen LogP contribution in [0.5, 0.6) is 0 Å². The lowest BCUT2D eigenvalue weighted by Crippen LogP contribution is -2.36. The maximum Gasteiger partial charge on any atom is 0.274 e. The summed E-state index contributed by atoms with van der Waals surface area (Å²) in [5.41, 5.74) is 2.83. The Hall–Kier alpha value is -2.80. The SMILES string of the molecule is Cc1c(C(=O)NC2CCNC2)nnn1-c1cccc2ncccc12. The lowest BCUT2D eigenvalue weighted by atomic mass is 10.1. The summed E-state index contributed by atoms with van der Waals surface area (Å²) in [6, 6.07) is 9.86. The third kappa shape index (κ3) is 2.52. The fourth-order valence-electron chi connectivity index (χ4n) is 3.07. The van der Waals surface area contributed by atoms with Gasteiger partial charge in [0.15, 0.2) is 5.69 Å². The largest absolute Gasteiger partial charge is 0.347 e. The van der Waals surface area contributed by atoms with Crippen molar-refractivity contribution < 1.29 is 4.79 Å². The fourth-order valence-corrected chi connectivity index (χ4v) is 3.07. The van der Waals surface area contributed by atoms with E-state index in [1.165, 1.54) is 0 Å². The average molecular weight is 322 g/mol. The molecule has 7 nitrogen and oxygen atoms in total. The first kappa shape index (κ1) is 14.8. The number of amides is 1. The first-order valence-electron chi connectivity index (χ1n) is 8.02. The molecule has 0 spiro atoms. The predicted octanol–water partition coefficient (Wildman–Crippen LogP) is 1.22. The van der Waals surface area contributed by atoms with Crippen molar-refractivity contribution in [1.29, 1.82) is 0 Å². The Kier molecular flexibility index (Phi) is 3.70. The molecular weight excluding hydrogens is 304 g/mol. The quantitative estimate of drug-likeness (QED) is 0.757. The third-order valence-electron chi connectivity index (χ3n) is 4.36. The zero-order valence-electron chi connectivity index (χ0n) is 13.4. The van der Waals surface area contributed by atoms with Crippen LogP contribution in [0, 0.1) is 6.92 Å². The van der Waals surface area contributed by atoms with Crippen molar-refractivity contribution in [3.05, 3.63) is 47.9 Å². The monoisotopic (exact) mass is 322 g/mol. The molecule has 24 heavy (non-hydrogen) atoms. The molecule has 0 bridgehead atoms. The van der Waals surface area contributed by atoms with Crippen molar-refractivity contribution >= 4 is 16.8 Å². The molecule has 0 aliphatic carbocycles. The molecule has 1 aromatic carbocycles. The number of nitrogens with zero attached hydrogens (tertiary/aromatic N) is 4. The maximum atomic E-state index is 12.5. The van der Waals surface area contributed by atoms with E-state index in [9.17, 15) is 4.79 Å². The molecular formula is C17H18N6O. The van der Waals surface area contributed by atoms with Crippen molar-refractivity contribution in [2.45, 2.75) is 19.4 Å². The fraction of sp³-hybridized carbons (Fsp3) is 0.294. The smallest absolute Gasteiger partial charge is 0.274 e. The molecule has 2 N–H and O–H groups in total. The topological polar surface area (TPSA) is 84.7 Å². The van der Waals surface area contributed by atoms with E-state index in [1.807, 2.05) is 37.3 Å². The maximum absolute atomic E-state index is 12.5. The average Bonchev–Trinajstić information content (AvgIpc) is 3.24. The molecule has 4 rings (SSSR count). The molecule has 0 saturated carbocycles. The Bertz CT molecular complexity index is 892. The summed E-state index contributed by atoms with van der Waals surface area (Å²) in [5, 5.41) is 15.5. The number of carbonyl (C=O) groups is 1. The van der Waals surface area contributed by atoms with Gasteiger partial charge in [0.1, 0.15) is 0 Å². The highest BCUT2D eigenvalue weighted by atomic mass is 16.2. The standard InChI is InChI=1S/C17H18N6O/c1-11-16(17(24)20-12-7-9-18-10-12)21-22-23(11)15-6-2-5-14-13(15)4-3-8-19-14/h2-6,8,12,18H,7,9-10H2,1H3,(H,20,24). The molecule has 7 heteroatoms. The Morgan fingerprint density at radius 1 is 1.33 bits per heavy atom. The van der Waals surface area contributed by atoms with E-state index in [-0.39, 0.29) is 11.9 Å². The van der Waals surface area contributed by atoms with Crippen LogP contribution in [0.15, 0.2) is 36.5 Å². The lowest BCUT2D eigenvalue weighted by molar-refractivity contribution is 0.0934. The van der Waals surface area contributed by atoms with Gasteiger partial charge < -0.3 is 10.6 Å². The summed E-state index contributed by atoms with van der Waals surface area (Å²) < 4.78 is 1.70. The molecule has 3 heterocycles. The van der Waals surface area contributed by atoms with Crippen molar-refractivity contribution in [1.82, 2.24) is 30.6 Å². The Labute approximate surface area is 139 Å². The molecule has 1 amide bonds. The zero-order chi connectivity index (χ0) is 16.5. The van der Waals surface area contributed by atoms with E-state index < -0.39 is 0 Å². The van der Waals surface area contributed by atoms with Crippen LogP contribution >= 0.6 is 0 Å². The number of pyridine rings is 1. The summed E-state index contributed by atoms with van der Waals surface area (Å²) in [4.78, 5) is 16.8. The van der Waals surface area contributed by atoms with Gasteiger partial charge in [0, 0.05) is 24.2 Å². The van der Waals surface area contributed by atoms with E-state index >= 15 is 0 Å². The summed E-state index contributed by atoms with van der Waals surface area (Å²) in [6.07, 6.45) is 2.70. The molecule has 2 aromatic heterocycles. The van der Waals surface area contributed by atoms with E-state index in [0.29, 0.717) is 5.69 Å². The molecule has 1 aliphatic heterocycles. The number of fused-ring (bicyclic) bond motifs is 1. The molecule has 122 valence electrons. The van der Waals surface area contributed by atoms with Gasteiger partial charge in [0.2, 0.25) is 0 Å². The summed E-state index contributed by atoms with van der Waals surface area (Å²) in [7, 11) is 0. The van der Waals surface area contributed by atoms with Gasteiger partial charge in [-0.3, -0.25) is 9.78 Å². The molecule has 1 unspecified atom stereocenters. The van der Waals surface area contributed by atoms with Gasteiger partial charge >= 0.3 is 0 Å². The highest BCUT2D eigenvalue weighted by molar-refractivity contribution is 5.94. The first-order chi connectivity index (χ1) is 11.7. The lowest BCUT2D eigenvalue weighted by Gasteiger charge is -2.10. The van der Waals surface area contributed by atoms with Crippen molar-refractivity contribution in [3.63, 3.8) is 0 Å². The second-order valence-electron chi connectivity index (χ2n) is 5.95. The van der Waals surface area contributed by atoms with Crippen LogP contribution in [0.3, 0.4) is 0 Å². The van der Waals surface area contributed by atoms with Gasteiger partial charge in [-0.15, -0.1) is 5.10 Å². The number of nitrogens with one attached hydrogen (secondary N) is 2. The van der Waals surface area contributed by atoms with E-state index in [0.717, 1.165) is 41.8 Å². The number of hydrogen-bond acceptors (Lipinski definition) is 5. The van der Waals surface area contributed by atoms with Crippen LogP contribution < -0.4 is 10.6 Å². The second-order valence-corrected chi connectivity index (χ2v) is 5.95. The molecule has 1 atom stereocenters. The van der Waals surface area contributed by atoms with E-state index in [4.69, 9.17) is 0 Å². The summed E-state index contributed by atoms with van der Waals surface area (Å²) >= 11 is 0. The summed E-state index contributed by atoms with van der Waals surface area (Å²) in [6.45, 7) is 3.59. The first-order valence-corrected chi connectivity index (χ1v) is 8.02. The normalized spacial score (nSPS) is 17.3. The van der Waals surface area contributed by atoms with Crippen LogP contribution in [-0.2, 0) is 0 Å². The van der Waals surface area contributed by atoms with Gasteiger partial charge in [0.05, 0.1) is 16.9 Å². The van der Waals surface area contributed by atoms with Gasteiger partial charge in [-0.1, -0.05) is 11.3 Å². The molecule has 1 saturated heterocycles. The zero-order valence-corrected chi connectivity index (χ0v) is 13.4. The van der Waals surface area contributed by atoms with Gasteiger partial charge in [-0.25, -0.2) is 4.68 Å². The number of carbonyl (C=O) groups excluding carboxylic acids is 1. The van der Waals surface area contributed by atoms with Crippen LogP contribution in [0.1, 0.15) is 22.6 Å². The molecule has 0 radical (unpaired) electrons.